The van der Waals surface area contributed by atoms with Crippen LogP contribution in [0.5, 0.6) is 5.75 Å². The van der Waals surface area contributed by atoms with Crippen LogP contribution in [0.25, 0.3) is 0 Å². The molecule has 0 bridgehead atoms. The van der Waals surface area contributed by atoms with E-state index in [-0.39, 0.29) is 12.4 Å². The van der Waals surface area contributed by atoms with Crippen molar-refractivity contribution in [2.45, 2.75) is 12.8 Å². The van der Waals surface area contributed by atoms with Gasteiger partial charge in [0.1, 0.15) is 12.4 Å². The Kier molecular flexibility index (Phi) is 6.68. The third-order valence-electron chi connectivity index (χ3n) is 2.40. The molecule has 1 rings (SSSR count). The number of methoxy groups -OCH3 is 1. The van der Waals surface area contributed by atoms with Crippen LogP contribution in [0, 0.1) is 0 Å². The molecule has 0 saturated heterocycles. The van der Waals surface area contributed by atoms with Crippen LogP contribution < -0.4 is 4.74 Å². The zero-order valence-corrected chi connectivity index (χ0v) is 12.0. The highest BCUT2D eigenvalue weighted by atomic mass is 79.9. The van der Waals surface area contributed by atoms with Crippen molar-refractivity contribution in [3.8, 4) is 5.75 Å². The Morgan fingerprint density at radius 3 is 2.89 bits per heavy atom. The number of carbonyl (C=O) groups is 1. The lowest BCUT2D eigenvalue weighted by Crippen LogP contribution is -2.10. The summed E-state index contributed by atoms with van der Waals surface area (Å²) in [5.74, 6) is 0.676. The molecule has 0 radical (unpaired) electrons. The molecule has 0 heterocycles. The molecule has 4 heteroatoms. The molecular weight excluding hydrogens is 296 g/mol. The van der Waals surface area contributed by atoms with E-state index in [1.54, 1.807) is 25.3 Å². The van der Waals surface area contributed by atoms with Crippen LogP contribution in [0.15, 0.2) is 35.3 Å². The van der Waals surface area contributed by atoms with Crippen LogP contribution in [0.4, 0.5) is 0 Å². The molecule has 0 aliphatic carbocycles. The van der Waals surface area contributed by atoms with Gasteiger partial charge < -0.3 is 9.47 Å². The van der Waals surface area contributed by atoms with Gasteiger partial charge in [-0.3, -0.25) is 4.79 Å². The highest BCUT2D eigenvalue weighted by Gasteiger charge is 2.08. The molecule has 0 saturated carbocycles. The number of halogens is 1. The van der Waals surface area contributed by atoms with Crippen molar-refractivity contribution >= 4 is 21.7 Å². The standard InChI is InChI=1S/C14H17BrO3/c1-3-4-5-8-18-10-13(16)11-6-7-14(17-2)12(15)9-11/h3,6-7,9H,1,4-5,8,10H2,2H3. The Balaban J connectivity index is 2.46. The normalized spacial score (nSPS) is 10.1. The number of allylic oxidation sites excluding steroid dienone is 1. The second-order valence-electron chi connectivity index (χ2n) is 3.76. The van der Waals surface area contributed by atoms with E-state index < -0.39 is 0 Å². The van der Waals surface area contributed by atoms with E-state index in [9.17, 15) is 4.79 Å². The molecule has 1 aromatic carbocycles. The number of unbranched alkanes of at least 4 members (excludes halogenated alkanes) is 1. The lowest BCUT2D eigenvalue weighted by atomic mass is 10.1. The fourth-order valence-electron chi connectivity index (χ4n) is 1.42. The van der Waals surface area contributed by atoms with E-state index in [4.69, 9.17) is 9.47 Å². The summed E-state index contributed by atoms with van der Waals surface area (Å²) in [4.78, 5) is 11.8. The minimum absolute atomic E-state index is 0.0306. The highest BCUT2D eigenvalue weighted by molar-refractivity contribution is 9.10. The zero-order valence-electron chi connectivity index (χ0n) is 10.4. The largest absolute Gasteiger partial charge is 0.496 e. The first-order chi connectivity index (χ1) is 8.69. The second kappa shape index (κ2) is 8.06. The number of benzene rings is 1. The van der Waals surface area contributed by atoms with Crippen LogP contribution in [0.2, 0.25) is 0 Å². The molecule has 0 aromatic heterocycles. The Bertz CT molecular complexity index is 416. The summed E-state index contributed by atoms with van der Waals surface area (Å²) in [6.45, 7) is 4.31. The molecule has 1 aromatic rings. The van der Waals surface area contributed by atoms with Crippen LogP contribution in [0.3, 0.4) is 0 Å². The maximum absolute atomic E-state index is 11.8. The zero-order chi connectivity index (χ0) is 13.4. The van der Waals surface area contributed by atoms with E-state index >= 15 is 0 Å². The Morgan fingerprint density at radius 1 is 1.50 bits per heavy atom. The smallest absolute Gasteiger partial charge is 0.188 e. The van der Waals surface area contributed by atoms with Gasteiger partial charge >= 0.3 is 0 Å². The fraction of sp³-hybridized carbons (Fsp3) is 0.357. The quantitative estimate of drug-likeness (QED) is 0.418. The monoisotopic (exact) mass is 312 g/mol. The van der Waals surface area contributed by atoms with E-state index in [1.807, 2.05) is 6.08 Å². The van der Waals surface area contributed by atoms with E-state index in [1.165, 1.54) is 0 Å². The van der Waals surface area contributed by atoms with Gasteiger partial charge in [-0.2, -0.15) is 0 Å². The van der Waals surface area contributed by atoms with Crippen molar-refractivity contribution in [1.29, 1.82) is 0 Å². The molecule has 0 spiro atoms. The molecule has 0 atom stereocenters. The average Bonchev–Trinajstić information content (AvgIpc) is 2.38. The van der Waals surface area contributed by atoms with Gasteiger partial charge in [0.15, 0.2) is 5.78 Å². The molecule has 0 fully saturated rings. The van der Waals surface area contributed by atoms with Gasteiger partial charge in [-0.1, -0.05) is 6.08 Å². The summed E-state index contributed by atoms with van der Waals surface area (Å²) in [7, 11) is 1.59. The van der Waals surface area contributed by atoms with Crippen molar-refractivity contribution in [3.63, 3.8) is 0 Å². The maximum atomic E-state index is 11.8. The number of ether oxygens (including phenoxy) is 2. The third-order valence-corrected chi connectivity index (χ3v) is 3.02. The van der Waals surface area contributed by atoms with Gasteiger partial charge in [0.2, 0.25) is 0 Å². The first-order valence-corrected chi connectivity index (χ1v) is 6.53. The number of Topliss-reactive ketones (excluding diaryl/α,β-unsaturated/α-hetero) is 1. The van der Waals surface area contributed by atoms with Crippen molar-refractivity contribution in [1.82, 2.24) is 0 Å². The predicted octanol–water partition coefficient (Wildman–Crippen LogP) is 3.62. The van der Waals surface area contributed by atoms with Crippen LogP contribution in [0.1, 0.15) is 23.2 Å². The fourth-order valence-corrected chi connectivity index (χ4v) is 1.96. The van der Waals surface area contributed by atoms with Gasteiger partial charge in [-0.25, -0.2) is 0 Å². The summed E-state index contributed by atoms with van der Waals surface area (Å²) in [5, 5.41) is 0. The summed E-state index contributed by atoms with van der Waals surface area (Å²) in [6.07, 6.45) is 3.64. The first kappa shape index (κ1) is 14.9. The van der Waals surface area contributed by atoms with E-state index in [0.717, 1.165) is 17.3 Å². The Labute approximate surface area is 116 Å². The van der Waals surface area contributed by atoms with Gasteiger partial charge in [-0.05, 0) is 47.0 Å². The van der Waals surface area contributed by atoms with Gasteiger partial charge in [0.25, 0.3) is 0 Å². The second-order valence-corrected chi connectivity index (χ2v) is 4.61. The van der Waals surface area contributed by atoms with Crippen molar-refractivity contribution in [2.75, 3.05) is 20.3 Å². The Hall–Kier alpha value is -1.13. The molecule has 0 amide bonds. The van der Waals surface area contributed by atoms with E-state index in [2.05, 4.69) is 22.5 Å². The molecule has 98 valence electrons. The van der Waals surface area contributed by atoms with Crippen molar-refractivity contribution < 1.29 is 14.3 Å². The lowest BCUT2D eigenvalue weighted by molar-refractivity contribution is 0.0757. The SMILES string of the molecule is C=CCCCOCC(=O)c1ccc(OC)c(Br)c1. The maximum Gasteiger partial charge on any atom is 0.188 e. The third kappa shape index (κ3) is 4.63. The highest BCUT2D eigenvalue weighted by Crippen LogP contribution is 2.25. The molecular formula is C14H17BrO3. The lowest BCUT2D eigenvalue weighted by Gasteiger charge is -2.06. The summed E-state index contributed by atoms with van der Waals surface area (Å²) < 4.78 is 11.2. The van der Waals surface area contributed by atoms with Crippen LogP contribution in [-0.4, -0.2) is 26.1 Å². The minimum atomic E-state index is -0.0306. The number of hydrogen-bond acceptors (Lipinski definition) is 3. The number of ketones is 1. The predicted molar refractivity (Wildman–Crippen MR) is 75.3 cm³/mol. The average molecular weight is 313 g/mol. The first-order valence-electron chi connectivity index (χ1n) is 5.74. The van der Waals surface area contributed by atoms with Crippen molar-refractivity contribution in [3.05, 3.63) is 40.9 Å². The number of rotatable bonds is 8. The Morgan fingerprint density at radius 2 is 2.28 bits per heavy atom. The minimum Gasteiger partial charge on any atom is -0.496 e. The molecule has 0 unspecified atom stereocenters. The number of hydrogen-bond donors (Lipinski definition) is 0. The topological polar surface area (TPSA) is 35.5 Å². The molecule has 0 aliphatic heterocycles. The number of carbonyl (C=O) groups excluding carboxylic acids is 1. The van der Waals surface area contributed by atoms with E-state index in [0.29, 0.717) is 17.9 Å². The van der Waals surface area contributed by atoms with Crippen LogP contribution >= 0.6 is 15.9 Å². The van der Waals surface area contributed by atoms with Gasteiger partial charge in [0.05, 0.1) is 11.6 Å². The molecule has 0 N–H and O–H groups in total. The summed E-state index contributed by atoms with van der Waals surface area (Å²) in [6, 6.07) is 5.24. The van der Waals surface area contributed by atoms with Crippen molar-refractivity contribution in [2.24, 2.45) is 0 Å². The summed E-state index contributed by atoms with van der Waals surface area (Å²) in [5.41, 5.74) is 0.617. The van der Waals surface area contributed by atoms with Gasteiger partial charge in [0, 0.05) is 12.2 Å². The molecule has 0 aliphatic rings. The van der Waals surface area contributed by atoms with Gasteiger partial charge in [-0.15, -0.1) is 6.58 Å². The molecule has 18 heavy (non-hydrogen) atoms. The van der Waals surface area contributed by atoms with Crippen LogP contribution in [-0.2, 0) is 4.74 Å². The molecule has 3 nitrogen and oxygen atoms in total. The summed E-state index contributed by atoms with van der Waals surface area (Å²) >= 11 is 3.35.